The molecule has 1 N–H and O–H groups in total. The van der Waals surface area contributed by atoms with Crippen LogP contribution in [0.2, 0.25) is 0 Å². The standard InChI is InChI=1S/C24H27FN4O2S/c1-24(2,3)15-29-14-16(13-28-32(30,31)17-6-4-7-17)19-10-21(25)20(11-23(19)29)18-8-5-9-27-22(18)12-26/h5,8-11,14,17,28H,4,6-7,13,15H2,1-3H3. The lowest BCUT2D eigenvalue weighted by Gasteiger charge is -2.25. The number of fused-ring (bicyclic) bond motifs is 1. The van der Waals surface area contributed by atoms with Crippen LogP contribution in [-0.4, -0.2) is 23.2 Å². The van der Waals surface area contributed by atoms with E-state index in [9.17, 15) is 13.7 Å². The van der Waals surface area contributed by atoms with Gasteiger partial charge in [0.05, 0.1) is 5.25 Å². The molecule has 1 fully saturated rings. The van der Waals surface area contributed by atoms with E-state index in [-0.39, 0.29) is 22.9 Å². The van der Waals surface area contributed by atoms with Gasteiger partial charge in [-0.05, 0) is 48.1 Å². The van der Waals surface area contributed by atoms with Gasteiger partial charge in [-0.3, -0.25) is 0 Å². The highest BCUT2D eigenvalue weighted by atomic mass is 32.2. The summed E-state index contributed by atoms with van der Waals surface area (Å²) in [6.07, 6.45) is 5.71. The molecule has 1 aliphatic rings. The molecule has 0 atom stereocenters. The fraction of sp³-hybridized carbons (Fsp3) is 0.417. The third-order valence-corrected chi connectivity index (χ3v) is 7.75. The number of nitriles is 1. The normalized spacial score (nSPS) is 15.0. The van der Waals surface area contributed by atoms with E-state index in [0.717, 1.165) is 17.5 Å². The van der Waals surface area contributed by atoms with Crippen molar-refractivity contribution in [3.05, 3.63) is 53.7 Å². The Morgan fingerprint density at radius 1 is 1.28 bits per heavy atom. The van der Waals surface area contributed by atoms with Crippen LogP contribution in [0.15, 0.2) is 36.7 Å². The number of pyridine rings is 1. The minimum absolute atomic E-state index is 0.0463. The van der Waals surface area contributed by atoms with Crippen molar-refractivity contribution in [3.63, 3.8) is 0 Å². The van der Waals surface area contributed by atoms with Gasteiger partial charge in [0.1, 0.15) is 17.6 Å². The van der Waals surface area contributed by atoms with Crippen LogP contribution >= 0.6 is 0 Å². The summed E-state index contributed by atoms with van der Waals surface area (Å²) in [5.41, 5.74) is 2.37. The molecule has 32 heavy (non-hydrogen) atoms. The van der Waals surface area contributed by atoms with Gasteiger partial charge >= 0.3 is 0 Å². The number of halogens is 1. The zero-order valence-electron chi connectivity index (χ0n) is 18.5. The van der Waals surface area contributed by atoms with E-state index >= 15 is 4.39 Å². The summed E-state index contributed by atoms with van der Waals surface area (Å²) in [4.78, 5) is 4.06. The molecule has 0 radical (unpaired) electrons. The second-order valence-electron chi connectivity index (χ2n) is 9.62. The Labute approximate surface area is 188 Å². The van der Waals surface area contributed by atoms with Gasteiger partial charge in [-0.25, -0.2) is 22.5 Å². The first-order chi connectivity index (χ1) is 15.1. The van der Waals surface area contributed by atoms with Crippen LogP contribution in [-0.2, 0) is 23.1 Å². The van der Waals surface area contributed by atoms with Crippen LogP contribution < -0.4 is 4.72 Å². The highest BCUT2D eigenvalue weighted by Crippen LogP contribution is 2.33. The smallest absolute Gasteiger partial charge is 0.214 e. The number of nitrogens with zero attached hydrogens (tertiary/aromatic N) is 3. The van der Waals surface area contributed by atoms with E-state index in [1.54, 1.807) is 18.2 Å². The fourth-order valence-corrected chi connectivity index (χ4v) is 5.61. The Kier molecular flexibility index (Phi) is 5.82. The van der Waals surface area contributed by atoms with Crippen molar-refractivity contribution in [1.29, 1.82) is 5.26 Å². The highest BCUT2D eigenvalue weighted by Gasteiger charge is 2.31. The molecule has 2 aromatic heterocycles. The van der Waals surface area contributed by atoms with E-state index in [0.29, 0.717) is 35.9 Å². The molecular weight excluding hydrogens is 427 g/mol. The molecular formula is C24H27FN4O2S. The van der Waals surface area contributed by atoms with Crippen LogP contribution in [0.3, 0.4) is 0 Å². The van der Waals surface area contributed by atoms with E-state index in [1.807, 2.05) is 16.8 Å². The quantitative estimate of drug-likeness (QED) is 0.583. The molecule has 3 aromatic rings. The molecule has 168 valence electrons. The van der Waals surface area contributed by atoms with Crippen LogP contribution in [0.5, 0.6) is 0 Å². The Morgan fingerprint density at radius 3 is 2.66 bits per heavy atom. The molecule has 8 heteroatoms. The average molecular weight is 455 g/mol. The van der Waals surface area contributed by atoms with Crippen molar-refractivity contribution in [2.45, 2.75) is 58.4 Å². The van der Waals surface area contributed by atoms with Crippen LogP contribution in [0.4, 0.5) is 4.39 Å². The van der Waals surface area contributed by atoms with Gasteiger partial charge < -0.3 is 4.57 Å². The number of sulfonamides is 1. The number of benzene rings is 1. The average Bonchev–Trinajstić information content (AvgIpc) is 2.99. The summed E-state index contributed by atoms with van der Waals surface area (Å²) in [6, 6.07) is 8.55. The van der Waals surface area contributed by atoms with Crippen LogP contribution in [0.1, 0.15) is 51.3 Å². The number of aromatic nitrogens is 2. The predicted octanol–water partition coefficient (Wildman–Crippen LogP) is 4.73. The van der Waals surface area contributed by atoms with E-state index in [4.69, 9.17) is 0 Å². The third kappa shape index (κ3) is 4.41. The number of rotatable bonds is 6. The minimum atomic E-state index is -3.38. The Balaban J connectivity index is 1.80. The summed E-state index contributed by atoms with van der Waals surface area (Å²) in [6.45, 7) is 7.11. The first-order valence-electron chi connectivity index (χ1n) is 10.7. The van der Waals surface area contributed by atoms with Gasteiger partial charge in [-0.15, -0.1) is 0 Å². The lowest BCUT2D eigenvalue weighted by Crippen LogP contribution is -2.38. The molecule has 0 aliphatic heterocycles. The molecule has 0 amide bonds. The van der Waals surface area contributed by atoms with Gasteiger partial charge in [0.25, 0.3) is 0 Å². The monoisotopic (exact) mass is 454 g/mol. The molecule has 0 spiro atoms. The van der Waals surface area contributed by atoms with E-state index in [2.05, 4.69) is 30.5 Å². The predicted molar refractivity (Wildman–Crippen MR) is 123 cm³/mol. The Hall–Kier alpha value is -2.76. The lowest BCUT2D eigenvalue weighted by atomic mass is 9.96. The van der Waals surface area contributed by atoms with Crippen molar-refractivity contribution in [1.82, 2.24) is 14.3 Å². The molecule has 6 nitrogen and oxygen atoms in total. The van der Waals surface area contributed by atoms with Crippen LogP contribution in [0, 0.1) is 22.6 Å². The first-order valence-corrected chi connectivity index (χ1v) is 12.3. The van der Waals surface area contributed by atoms with Crippen molar-refractivity contribution in [2.24, 2.45) is 5.41 Å². The van der Waals surface area contributed by atoms with Crippen LogP contribution in [0.25, 0.3) is 22.0 Å². The SMILES string of the molecule is CC(C)(C)Cn1cc(CNS(=O)(=O)C2CCC2)c2cc(F)c(-c3cccnc3C#N)cc21. The minimum Gasteiger partial charge on any atom is -0.347 e. The molecule has 1 aliphatic carbocycles. The van der Waals surface area contributed by atoms with Gasteiger partial charge in [0.2, 0.25) is 10.0 Å². The van der Waals surface area contributed by atoms with E-state index in [1.165, 1.54) is 12.3 Å². The Bertz CT molecular complexity index is 1310. The summed E-state index contributed by atoms with van der Waals surface area (Å²) in [5.74, 6) is -0.474. The van der Waals surface area contributed by atoms with Crippen molar-refractivity contribution in [3.8, 4) is 17.2 Å². The molecule has 0 unspecified atom stereocenters. The fourth-order valence-electron chi connectivity index (χ4n) is 4.06. The van der Waals surface area contributed by atoms with Gasteiger partial charge in [0, 0.05) is 47.5 Å². The largest absolute Gasteiger partial charge is 0.347 e. The summed E-state index contributed by atoms with van der Waals surface area (Å²) >= 11 is 0. The van der Waals surface area contributed by atoms with Gasteiger partial charge in [-0.2, -0.15) is 5.26 Å². The molecule has 1 aromatic carbocycles. The number of nitrogens with one attached hydrogen (secondary N) is 1. The zero-order chi connectivity index (χ0) is 23.1. The van der Waals surface area contributed by atoms with Gasteiger partial charge in [-0.1, -0.05) is 27.2 Å². The maximum Gasteiger partial charge on any atom is 0.214 e. The van der Waals surface area contributed by atoms with E-state index < -0.39 is 15.8 Å². The third-order valence-electron chi connectivity index (χ3n) is 5.86. The zero-order valence-corrected chi connectivity index (χ0v) is 19.3. The molecule has 1 saturated carbocycles. The second-order valence-corrected chi connectivity index (χ2v) is 11.7. The van der Waals surface area contributed by atoms with Crippen molar-refractivity contribution >= 4 is 20.9 Å². The molecule has 4 rings (SSSR count). The Morgan fingerprint density at radius 2 is 2.03 bits per heavy atom. The second kappa shape index (κ2) is 8.30. The van der Waals surface area contributed by atoms with Crippen molar-refractivity contribution in [2.75, 3.05) is 0 Å². The number of hydrogen-bond donors (Lipinski definition) is 1. The molecule has 0 saturated heterocycles. The lowest BCUT2D eigenvalue weighted by molar-refractivity contribution is 0.349. The number of hydrogen-bond acceptors (Lipinski definition) is 4. The maximum atomic E-state index is 15.2. The summed E-state index contributed by atoms with van der Waals surface area (Å²) in [7, 11) is -3.38. The summed E-state index contributed by atoms with van der Waals surface area (Å²) in [5, 5.41) is 9.74. The summed E-state index contributed by atoms with van der Waals surface area (Å²) < 4.78 is 45.0. The highest BCUT2D eigenvalue weighted by molar-refractivity contribution is 7.90. The molecule has 2 heterocycles. The van der Waals surface area contributed by atoms with Gasteiger partial charge in [0.15, 0.2) is 0 Å². The topological polar surface area (TPSA) is 87.8 Å². The maximum absolute atomic E-state index is 15.2. The molecule has 0 bridgehead atoms. The van der Waals surface area contributed by atoms with Crippen molar-refractivity contribution < 1.29 is 12.8 Å². The first kappa shape index (κ1) is 22.4.